The second-order valence-electron chi connectivity index (χ2n) is 7.32. The van der Waals surface area contributed by atoms with Crippen molar-refractivity contribution in [1.29, 1.82) is 0 Å². The van der Waals surface area contributed by atoms with E-state index in [-0.39, 0.29) is 17.5 Å². The number of carbonyl (C=O) groups excluding carboxylic acids is 1. The van der Waals surface area contributed by atoms with Gasteiger partial charge in [0, 0.05) is 52.5 Å². The van der Waals surface area contributed by atoms with Crippen LogP contribution in [0.3, 0.4) is 0 Å². The van der Waals surface area contributed by atoms with Crippen LogP contribution in [0.25, 0.3) is 0 Å². The molecule has 0 aliphatic heterocycles. The molecule has 1 amide bonds. The quantitative estimate of drug-likeness (QED) is 0.260. The highest BCUT2D eigenvalue weighted by atomic mass is 32.2. The lowest BCUT2D eigenvalue weighted by Gasteiger charge is -2.24. The second kappa shape index (κ2) is 11.3. The highest BCUT2D eigenvalue weighted by Crippen LogP contribution is 2.23. The Morgan fingerprint density at radius 1 is 1.00 bits per heavy atom. The highest BCUT2D eigenvalue weighted by Gasteiger charge is 2.19. The normalized spacial score (nSPS) is 11.2. The van der Waals surface area contributed by atoms with E-state index in [1.165, 1.54) is 24.5 Å². The van der Waals surface area contributed by atoms with Crippen LogP contribution in [-0.2, 0) is 6.54 Å². The zero-order chi connectivity index (χ0) is 23.8. The number of hydrogen-bond donors (Lipinski definition) is 2. The summed E-state index contributed by atoms with van der Waals surface area (Å²) in [5, 5.41) is 5.73. The molecule has 0 radical (unpaired) electrons. The first-order valence-corrected chi connectivity index (χ1v) is 11.6. The lowest BCUT2D eigenvalue weighted by atomic mass is 10.2. The Balaban J connectivity index is 1.36. The van der Waals surface area contributed by atoms with Crippen LogP contribution in [0.4, 0.5) is 21.8 Å². The Hall–Kier alpha value is -3.96. The molecule has 9 nitrogen and oxygen atoms in total. The summed E-state index contributed by atoms with van der Waals surface area (Å²) in [6, 6.07) is 15.2. The van der Waals surface area contributed by atoms with E-state index >= 15 is 0 Å². The molecule has 11 heteroatoms. The van der Waals surface area contributed by atoms with Crippen LogP contribution in [0.15, 0.2) is 73.2 Å². The number of benzene rings is 1. The summed E-state index contributed by atoms with van der Waals surface area (Å²) >= 11 is -1.79. The van der Waals surface area contributed by atoms with Crippen LogP contribution in [-0.4, -0.2) is 42.3 Å². The number of aromatic nitrogens is 4. The summed E-state index contributed by atoms with van der Waals surface area (Å²) in [4.78, 5) is 22.8. The first kappa shape index (κ1) is 23.2. The van der Waals surface area contributed by atoms with E-state index < -0.39 is 17.0 Å². The molecule has 1 unspecified atom stereocenters. The van der Waals surface area contributed by atoms with E-state index in [9.17, 15) is 13.7 Å². The van der Waals surface area contributed by atoms with Gasteiger partial charge < -0.3 is 14.8 Å². The molecule has 3 heterocycles. The molecule has 1 aromatic carbocycles. The fourth-order valence-electron chi connectivity index (χ4n) is 3.25. The average molecular weight is 480 g/mol. The van der Waals surface area contributed by atoms with Gasteiger partial charge >= 0.3 is 0 Å². The number of rotatable bonds is 10. The van der Waals surface area contributed by atoms with E-state index in [1.54, 1.807) is 30.5 Å². The molecule has 4 aromatic rings. The number of carbonyl (C=O) groups is 1. The Kier molecular flexibility index (Phi) is 7.68. The molecule has 0 bridgehead atoms. The third-order valence-corrected chi connectivity index (χ3v) is 5.57. The van der Waals surface area contributed by atoms with Crippen LogP contribution < -0.4 is 15.5 Å². The second-order valence-corrected chi connectivity index (χ2v) is 8.14. The van der Waals surface area contributed by atoms with E-state index in [2.05, 4.69) is 34.2 Å². The molecular formula is C23H22FN7O2S. The monoisotopic (exact) mass is 479 g/mol. The summed E-state index contributed by atoms with van der Waals surface area (Å²) in [5.41, 5.74) is 1.37. The summed E-state index contributed by atoms with van der Waals surface area (Å²) in [6.45, 7) is 1.71. The zero-order valence-electron chi connectivity index (χ0n) is 18.1. The fourth-order valence-corrected chi connectivity index (χ4v) is 3.88. The topological polar surface area (TPSA) is 119 Å². The van der Waals surface area contributed by atoms with E-state index in [0.29, 0.717) is 31.6 Å². The van der Waals surface area contributed by atoms with Crippen LogP contribution in [0.1, 0.15) is 22.3 Å². The van der Waals surface area contributed by atoms with Crippen molar-refractivity contribution in [2.45, 2.75) is 13.0 Å². The molecule has 4 rings (SSSR count). The van der Waals surface area contributed by atoms with Crippen molar-refractivity contribution in [3.05, 3.63) is 90.1 Å². The van der Waals surface area contributed by atoms with Gasteiger partial charge in [0.05, 0.1) is 0 Å². The number of amides is 1. The minimum atomic E-state index is -1.79. The van der Waals surface area contributed by atoms with Crippen molar-refractivity contribution in [1.82, 2.24) is 18.7 Å². The van der Waals surface area contributed by atoms with Gasteiger partial charge in [0.1, 0.15) is 11.6 Å². The van der Waals surface area contributed by atoms with Crippen molar-refractivity contribution in [2.75, 3.05) is 28.6 Å². The molecule has 0 fully saturated rings. The Morgan fingerprint density at radius 3 is 2.50 bits per heavy atom. The summed E-state index contributed by atoms with van der Waals surface area (Å²) in [7, 11) is 0. The standard InChI is InChI=1S/C23H22FN7O2S/c24-19-7-5-17(6-8-19)16-31(20-4-1-2-11-26-20)15-3-12-27-21-22(30-34(33)29-21)28-23(32)18-9-13-25-14-10-18/h1-2,4-11,13-14H,3,12,15-16H2,(H,27,29)(H,28,30,32). The molecule has 1 atom stereocenters. The maximum atomic E-state index is 13.3. The summed E-state index contributed by atoms with van der Waals surface area (Å²) < 4.78 is 32.9. The van der Waals surface area contributed by atoms with Crippen molar-refractivity contribution >= 4 is 34.5 Å². The number of nitrogens with one attached hydrogen (secondary N) is 2. The van der Waals surface area contributed by atoms with Gasteiger partial charge in [0.15, 0.2) is 11.1 Å². The molecule has 0 aliphatic rings. The molecule has 0 aliphatic carbocycles. The Bertz CT molecular complexity index is 1210. The van der Waals surface area contributed by atoms with Crippen LogP contribution >= 0.6 is 11.1 Å². The minimum Gasteiger partial charge on any atom is -0.546 e. The summed E-state index contributed by atoms with van der Waals surface area (Å²) in [5.74, 6) is 0.533. The van der Waals surface area contributed by atoms with Gasteiger partial charge in [0.25, 0.3) is 5.91 Å². The number of pyridine rings is 2. The van der Waals surface area contributed by atoms with Crippen LogP contribution in [0, 0.1) is 5.82 Å². The van der Waals surface area contributed by atoms with Crippen LogP contribution in [0.5, 0.6) is 0 Å². The van der Waals surface area contributed by atoms with E-state index in [1.807, 2.05) is 18.2 Å². The molecule has 2 N–H and O–H groups in total. The number of nitrogens with zero attached hydrogens (tertiary/aromatic N) is 5. The van der Waals surface area contributed by atoms with E-state index in [0.717, 1.165) is 11.4 Å². The van der Waals surface area contributed by atoms with E-state index in [4.69, 9.17) is 0 Å². The van der Waals surface area contributed by atoms with Crippen molar-refractivity contribution in [2.24, 2.45) is 0 Å². The number of anilines is 3. The first-order chi connectivity index (χ1) is 16.6. The zero-order valence-corrected chi connectivity index (χ0v) is 18.9. The van der Waals surface area contributed by atoms with Crippen molar-refractivity contribution < 1.29 is 13.7 Å². The minimum absolute atomic E-state index is 0.132. The average Bonchev–Trinajstić information content (AvgIpc) is 3.21. The Labute approximate surface area is 198 Å². The molecule has 0 spiro atoms. The fraction of sp³-hybridized carbons (Fsp3) is 0.174. The van der Waals surface area contributed by atoms with Gasteiger partial charge in [-0.25, -0.2) is 9.37 Å². The Morgan fingerprint density at radius 2 is 1.76 bits per heavy atom. The predicted octanol–water partition coefficient (Wildman–Crippen LogP) is 3.89. The maximum Gasteiger partial charge on any atom is 0.257 e. The van der Waals surface area contributed by atoms with Crippen molar-refractivity contribution in [3.8, 4) is 0 Å². The van der Waals surface area contributed by atoms with Gasteiger partial charge in [-0.15, -0.1) is 0 Å². The molecule has 3 aromatic heterocycles. The maximum absolute atomic E-state index is 13.3. The SMILES string of the molecule is O=C(Nc1n[s+]([O-])nc1NCCCN(Cc1ccc(F)cc1)c1ccccn1)c1ccncc1. The highest BCUT2D eigenvalue weighted by molar-refractivity contribution is 7.14. The third-order valence-electron chi connectivity index (χ3n) is 4.89. The third kappa shape index (κ3) is 6.30. The molecule has 0 saturated heterocycles. The predicted molar refractivity (Wildman–Crippen MR) is 128 cm³/mol. The van der Waals surface area contributed by atoms with Gasteiger partial charge in [-0.1, -0.05) is 18.2 Å². The van der Waals surface area contributed by atoms with Gasteiger partial charge in [-0.2, -0.15) is 0 Å². The molecule has 34 heavy (non-hydrogen) atoms. The van der Waals surface area contributed by atoms with Crippen LogP contribution in [0.2, 0.25) is 0 Å². The first-order valence-electron chi connectivity index (χ1n) is 10.5. The smallest absolute Gasteiger partial charge is 0.257 e. The van der Waals surface area contributed by atoms with Gasteiger partial charge in [0.2, 0.25) is 11.6 Å². The van der Waals surface area contributed by atoms with Gasteiger partial charge in [-0.3, -0.25) is 15.1 Å². The molecular weight excluding hydrogens is 457 g/mol. The van der Waals surface area contributed by atoms with Gasteiger partial charge in [-0.05, 0) is 48.4 Å². The molecule has 174 valence electrons. The summed E-state index contributed by atoms with van der Waals surface area (Å²) in [6.07, 6.45) is 5.43. The molecule has 0 saturated carbocycles. The lowest BCUT2D eigenvalue weighted by Crippen LogP contribution is -2.26. The largest absolute Gasteiger partial charge is 0.546 e. The lowest BCUT2D eigenvalue weighted by molar-refractivity contribution is 0.102. The number of hydrogen-bond acceptors (Lipinski definition) is 8. The van der Waals surface area contributed by atoms with Crippen molar-refractivity contribution in [3.63, 3.8) is 0 Å². The number of halogens is 1.